The molecule has 34 heavy (non-hydrogen) atoms. The summed E-state index contributed by atoms with van der Waals surface area (Å²) in [5.41, 5.74) is 1.76. The summed E-state index contributed by atoms with van der Waals surface area (Å²) in [7, 11) is 4.67. The Morgan fingerprint density at radius 3 is 2.41 bits per heavy atom. The Labute approximate surface area is 198 Å². The summed E-state index contributed by atoms with van der Waals surface area (Å²) in [6, 6.07) is 11.4. The van der Waals surface area contributed by atoms with Gasteiger partial charge in [-0.05, 0) is 29.8 Å². The molecule has 3 aromatic rings. The first-order chi connectivity index (χ1) is 16.1. The molecule has 0 saturated carbocycles. The maximum absolute atomic E-state index is 12.9. The Morgan fingerprint density at radius 1 is 1.09 bits per heavy atom. The quantitative estimate of drug-likeness (QED) is 0.504. The molecular formula is C23H22F3N3O4S. The number of thiazole rings is 1. The van der Waals surface area contributed by atoms with Crippen molar-refractivity contribution in [1.29, 1.82) is 0 Å². The van der Waals surface area contributed by atoms with Crippen LogP contribution in [-0.4, -0.2) is 55.7 Å². The van der Waals surface area contributed by atoms with E-state index in [4.69, 9.17) is 9.47 Å². The summed E-state index contributed by atoms with van der Waals surface area (Å²) in [5.74, 6) is -0.0607. The van der Waals surface area contributed by atoms with E-state index in [1.54, 1.807) is 36.7 Å². The van der Waals surface area contributed by atoms with E-state index < -0.39 is 18.6 Å². The van der Waals surface area contributed by atoms with Crippen molar-refractivity contribution >= 4 is 23.2 Å². The predicted molar refractivity (Wildman–Crippen MR) is 121 cm³/mol. The highest BCUT2D eigenvalue weighted by Gasteiger charge is 2.28. The van der Waals surface area contributed by atoms with E-state index in [1.807, 2.05) is 11.4 Å². The van der Waals surface area contributed by atoms with Gasteiger partial charge in [0.15, 0.2) is 11.5 Å². The number of rotatable bonds is 8. The second-order valence-corrected chi connectivity index (χ2v) is 8.09. The Kier molecular flexibility index (Phi) is 7.77. The Hall–Kier alpha value is -3.60. The first kappa shape index (κ1) is 25.0. The van der Waals surface area contributed by atoms with Crippen LogP contribution in [0.1, 0.15) is 26.4 Å². The van der Waals surface area contributed by atoms with Crippen molar-refractivity contribution in [2.75, 3.05) is 27.8 Å². The van der Waals surface area contributed by atoms with Crippen molar-refractivity contribution < 1.29 is 32.2 Å². The van der Waals surface area contributed by atoms with Gasteiger partial charge in [-0.25, -0.2) is 4.98 Å². The van der Waals surface area contributed by atoms with E-state index in [0.717, 1.165) is 0 Å². The number of alkyl halides is 3. The van der Waals surface area contributed by atoms with E-state index >= 15 is 0 Å². The highest BCUT2D eigenvalue weighted by atomic mass is 32.1. The molecule has 1 heterocycles. The van der Waals surface area contributed by atoms with Gasteiger partial charge in [-0.1, -0.05) is 18.2 Å². The number of para-hydroxylation sites is 1. The average molecular weight is 494 g/mol. The van der Waals surface area contributed by atoms with Crippen LogP contribution in [0.25, 0.3) is 10.6 Å². The number of ether oxygens (including phenoxy) is 2. The molecule has 0 aliphatic carbocycles. The average Bonchev–Trinajstić information content (AvgIpc) is 3.31. The van der Waals surface area contributed by atoms with Crippen LogP contribution in [0.15, 0.2) is 47.8 Å². The van der Waals surface area contributed by atoms with E-state index in [1.165, 1.54) is 42.6 Å². The fraction of sp³-hybridized carbons (Fsp3) is 0.261. The number of nitrogens with zero attached hydrogens (tertiary/aromatic N) is 2. The fourth-order valence-electron chi connectivity index (χ4n) is 3.14. The van der Waals surface area contributed by atoms with Crippen LogP contribution >= 0.6 is 11.3 Å². The zero-order chi connectivity index (χ0) is 24.9. The number of hydrogen-bond donors (Lipinski definition) is 1. The van der Waals surface area contributed by atoms with Gasteiger partial charge in [0.25, 0.3) is 11.8 Å². The number of aromatic nitrogens is 1. The molecule has 0 aliphatic rings. The number of benzene rings is 2. The first-order valence-electron chi connectivity index (χ1n) is 9.99. The Morgan fingerprint density at radius 2 is 1.79 bits per heavy atom. The van der Waals surface area contributed by atoms with Crippen LogP contribution in [0.2, 0.25) is 0 Å². The number of carbonyl (C=O) groups excluding carboxylic acids is 2. The fourth-order valence-corrected chi connectivity index (χ4v) is 3.95. The van der Waals surface area contributed by atoms with Gasteiger partial charge in [-0.3, -0.25) is 9.59 Å². The molecule has 1 N–H and O–H groups in total. The summed E-state index contributed by atoms with van der Waals surface area (Å²) in [5, 5.41) is 4.07. The van der Waals surface area contributed by atoms with Crippen LogP contribution < -0.4 is 14.8 Å². The van der Waals surface area contributed by atoms with Crippen LogP contribution in [0.3, 0.4) is 0 Å². The van der Waals surface area contributed by atoms with Gasteiger partial charge in [0.1, 0.15) is 17.2 Å². The lowest BCUT2D eigenvalue weighted by molar-refractivity contribution is -0.123. The molecule has 0 radical (unpaired) electrons. The van der Waals surface area contributed by atoms with Crippen LogP contribution in [0.4, 0.5) is 13.2 Å². The number of nitrogens with one attached hydrogen (secondary N) is 1. The second-order valence-electron chi connectivity index (χ2n) is 7.23. The molecule has 0 saturated heterocycles. The van der Waals surface area contributed by atoms with Crippen molar-refractivity contribution in [2.45, 2.75) is 12.7 Å². The molecule has 3 rings (SSSR count). The number of amides is 2. The lowest BCUT2D eigenvalue weighted by atomic mass is 10.1. The molecule has 7 nitrogen and oxygen atoms in total. The van der Waals surface area contributed by atoms with Crippen molar-refractivity contribution in [2.24, 2.45) is 0 Å². The maximum Gasteiger partial charge on any atom is 0.405 e. The van der Waals surface area contributed by atoms with Gasteiger partial charge >= 0.3 is 6.18 Å². The number of halogens is 3. The predicted octanol–water partition coefficient (Wildman–Crippen LogP) is 4.39. The summed E-state index contributed by atoms with van der Waals surface area (Å²) in [6.07, 6.45) is -4.48. The normalized spacial score (nSPS) is 11.1. The second kappa shape index (κ2) is 10.6. The van der Waals surface area contributed by atoms with Crippen molar-refractivity contribution in [1.82, 2.24) is 15.2 Å². The minimum atomic E-state index is -4.48. The lowest BCUT2D eigenvalue weighted by Crippen LogP contribution is -2.33. The van der Waals surface area contributed by atoms with Crippen LogP contribution in [0.5, 0.6) is 11.5 Å². The van der Waals surface area contributed by atoms with E-state index in [9.17, 15) is 22.8 Å². The Balaban J connectivity index is 1.67. The molecule has 2 amide bonds. The van der Waals surface area contributed by atoms with Gasteiger partial charge in [0, 0.05) is 24.5 Å². The summed E-state index contributed by atoms with van der Waals surface area (Å²) < 4.78 is 47.5. The molecule has 0 fully saturated rings. The minimum absolute atomic E-state index is 0.0957. The molecule has 0 aliphatic heterocycles. The van der Waals surface area contributed by atoms with Crippen molar-refractivity contribution in [3.63, 3.8) is 0 Å². The van der Waals surface area contributed by atoms with Crippen molar-refractivity contribution in [3.8, 4) is 22.1 Å². The third-order valence-corrected chi connectivity index (χ3v) is 5.66. The van der Waals surface area contributed by atoms with Gasteiger partial charge in [-0.15, -0.1) is 11.3 Å². The number of methoxy groups -OCH3 is 2. The molecule has 11 heteroatoms. The van der Waals surface area contributed by atoms with E-state index in [2.05, 4.69) is 4.98 Å². The highest BCUT2D eigenvalue weighted by molar-refractivity contribution is 7.13. The molecule has 0 spiro atoms. The third kappa shape index (κ3) is 6.04. The summed E-state index contributed by atoms with van der Waals surface area (Å²) >= 11 is 1.30. The van der Waals surface area contributed by atoms with Gasteiger partial charge in [0.2, 0.25) is 0 Å². The molecule has 2 aromatic carbocycles. The molecule has 1 aromatic heterocycles. The number of carbonyl (C=O) groups is 2. The Bertz CT molecular complexity index is 1160. The SMILES string of the molecule is COc1cccc(-c2nc(C(=O)N(C)Cc3ccc(C(=O)NCC(F)(F)F)cc3)cs2)c1OC. The maximum atomic E-state index is 12.9. The van der Waals surface area contributed by atoms with E-state index in [-0.39, 0.29) is 23.7 Å². The molecule has 0 bridgehead atoms. The topological polar surface area (TPSA) is 80.8 Å². The smallest absolute Gasteiger partial charge is 0.405 e. The molecule has 180 valence electrons. The van der Waals surface area contributed by atoms with Gasteiger partial charge in [0.05, 0.1) is 19.8 Å². The van der Waals surface area contributed by atoms with Crippen molar-refractivity contribution in [3.05, 3.63) is 64.7 Å². The zero-order valence-corrected chi connectivity index (χ0v) is 19.4. The van der Waals surface area contributed by atoms with Gasteiger partial charge in [-0.2, -0.15) is 13.2 Å². The van der Waals surface area contributed by atoms with E-state index in [0.29, 0.717) is 27.6 Å². The monoisotopic (exact) mass is 493 g/mol. The van der Waals surface area contributed by atoms with Crippen LogP contribution in [-0.2, 0) is 6.54 Å². The zero-order valence-electron chi connectivity index (χ0n) is 18.6. The standard InChI is InChI=1S/C23H22F3N3O4S/c1-29(11-14-7-9-15(10-8-14)20(30)27-13-23(24,25)26)22(31)17-12-34-21(28-17)16-5-4-6-18(32-2)19(16)33-3/h4-10,12H,11,13H2,1-3H3,(H,27,30). The minimum Gasteiger partial charge on any atom is -0.493 e. The molecular weight excluding hydrogens is 471 g/mol. The third-order valence-electron chi connectivity index (χ3n) is 4.79. The van der Waals surface area contributed by atoms with Crippen LogP contribution in [0, 0.1) is 0 Å². The first-order valence-corrected chi connectivity index (χ1v) is 10.9. The molecule has 0 atom stereocenters. The highest BCUT2D eigenvalue weighted by Crippen LogP contribution is 2.39. The largest absolute Gasteiger partial charge is 0.493 e. The number of hydrogen-bond acceptors (Lipinski definition) is 6. The summed E-state index contributed by atoms with van der Waals surface area (Å²) in [6.45, 7) is -1.18. The summed E-state index contributed by atoms with van der Waals surface area (Å²) in [4.78, 5) is 30.6. The molecule has 0 unspecified atom stereocenters. The van der Waals surface area contributed by atoms with Gasteiger partial charge < -0.3 is 19.7 Å². The lowest BCUT2D eigenvalue weighted by Gasteiger charge is -2.16.